The number of hydrogen-bond donors (Lipinski definition) is 0. The Morgan fingerprint density at radius 1 is 1.05 bits per heavy atom. The predicted molar refractivity (Wildman–Crippen MR) is 176 cm³/mol. The summed E-state index contributed by atoms with van der Waals surface area (Å²) in [6.45, 7) is 9.09. The number of Topliss-reactive ketones (excluding diaryl/α,β-unsaturated/α-hetero) is 1. The van der Waals surface area contributed by atoms with Crippen LogP contribution in [0.1, 0.15) is 42.3 Å². The van der Waals surface area contributed by atoms with E-state index in [2.05, 4.69) is 35.9 Å². The number of methoxy groups -OCH3 is 2. The van der Waals surface area contributed by atoms with Crippen LogP contribution in [0.3, 0.4) is 0 Å². The maximum Gasteiger partial charge on any atom is 0.212 e. The van der Waals surface area contributed by atoms with Crippen LogP contribution in [0, 0.1) is 0 Å². The van der Waals surface area contributed by atoms with E-state index in [1.54, 1.807) is 31.2 Å². The van der Waals surface area contributed by atoms with Crippen molar-refractivity contribution in [2.75, 3.05) is 51.2 Å². The topological polar surface area (TPSA) is 91.1 Å². The third-order valence-corrected chi connectivity index (χ3v) is 8.37. The molecule has 5 rings (SSSR count). The second-order valence-electron chi connectivity index (χ2n) is 11.3. The van der Waals surface area contributed by atoms with Crippen LogP contribution in [-0.4, -0.2) is 73.1 Å². The van der Waals surface area contributed by atoms with Crippen molar-refractivity contribution in [3.63, 3.8) is 0 Å². The highest BCUT2D eigenvalue weighted by Crippen LogP contribution is 2.41. The van der Waals surface area contributed by atoms with E-state index < -0.39 is 0 Å². The van der Waals surface area contributed by atoms with Crippen molar-refractivity contribution in [2.24, 2.45) is 5.10 Å². The molecule has 3 aromatic carbocycles. The lowest BCUT2D eigenvalue weighted by molar-refractivity contribution is 0.102. The van der Waals surface area contributed by atoms with Crippen LogP contribution in [0.5, 0.6) is 11.5 Å². The van der Waals surface area contributed by atoms with Gasteiger partial charge in [0, 0.05) is 34.8 Å². The summed E-state index contributed by atoms with van der Waals surface area (Å²) in [6.07, 6.45) is 1.72. The van der Waals surface area contributed by atoms with Crippen LogP contribution in [-0.2, 0) is 10.2 Å². The van der Waals surface area contributed by atoms with E-state index in [-0.39, 0.29) is 17.0 Å². The van der Waals surface area contributed by atoms with Gasteiger partial charge in [-0.1, -0.05) is 56.3 Å². The fraction of sp³-hybridized carbons (Fsp3) is 0.333. The summed E-state index contributed by atoms with van der Waals surface area (Å²) < 4.78 is 18.4. The molecule has 0 unspecified atom stereocenters. The van der Waals surface area contributed by atoms with Crippen LogP contribution in [0.15, 0.2) is 70.9 Å². The van der Waals surface area contributed by atoms with Gasteiger partial charge in [0.05, 0.1) is 45.1 Å². The van der Waals surface area contributed by atoms with Gasteiger partial charge in [0.15, 0.2) is 11.6 Å². The van der Waals surface area contributed by atoms with Crippen LogP contribution in [0.4, 0.5) is 5.69 Å². The van der Waals surface area contributed by atoms with Crippen LogP contribution in [0.2, 0.25) is 5.02 Å². The molecule has 0 radical (unpaired) electrons. The lowest BCUT2D eigenvalue weighted by atomic mass is 9.84. The molecule has 1 aliphatic heterocycles. The minimum absolute atomic E-state index is 0.0318. The van der Waals surface area contributed by atoms with Crippen molar-refractivity contribution >= 4 is 41.0 Å². The average molecular weight is 634 g/mol. The molecule has 230 valence electrons. The maximum atomic E-state index is 13.8. The first kappa shape index (κ1) is 31.6. The summed E-state index contributed by atoms with van der Waals surface area (Å²) in [6, 6.07) is 18.8. The van der Waals surface area contributed by atoms with Crippen molar-refractivity contribution in [2.45, 2.75) is 31.3 Å². The Morgan fingerprint density at radius 2 is 1.80 bits per heavy atom. The lowest BCUT2D eigenvalue weighted by Crippen LogP contribution is -2.37. The zero-order valence-electron chi connectivity index (χ0n) is 25.5. The number of morpholine rings is 1. The molecule has 1 fully saturated rings. The molecule has 0 N–H and O–H groups in total. The van der Waals surface area contributed by atoms with Crippen molar-refractivity contribution in [3.8, 4) is 22.9 Å². The average Bonchev–Trinajstić information content (AvgIpc) is 3.44. The van der Waals surface area contributed by atoms with Crippen molar-refractivity contribution in [3.05, 3.63) is 82.4 Å². The number of aromatic nitrogens is 3. The van der Waals surface area contributed by atoms with Gasteiger partial charge in [-0.3, -0.25) is 4.79 Å². The van der Waals surface area contributed by atoms with E-state index in [0.717, 1.165) is 47.0 Å². The fourth-order valence-corrected chi connectivity index (χ4v) is 5.85. The Morgan fingerprint density at radius 3 is 2.45 bits per heavy atom. The number of carbonyl (C=O) groups excluding carboxylic acids is 1. The molecule has 0 amide bonds. The number of hydrogen-bond acceptors (Lipinski definition) is 9. The zero-order chi connectivity index (χ0) is 31.3. The Kier molecular flexibility index (Phi) is 9.93. The molecule has 1 saturated heterocycles. The molecule has 2 heterocycles. The molecule has 0 spiro atoms. The van der Waals surface area contributed by atoms with Gasteiger partial charge in [-0.15, -0.1) is 10.2 Å². The summed E-state index contributed by atoms with van der Waals surface area (Å²) in [7, 11) is 3.31. The van der Waals surface area contributed by atoms with Crippen molar-refractivity contribution < 1.29 is 19.0 Å². The molecule has 0 atom stereocenters. The molecular weight excluding hydrogens is 598 g/mol. The second-order valence-corrected chi connectivity index (χ2v) is 12.7. The zero-order valence-corrected chi connectivity index (χ0v) is 27.1. The van der Waals surface area contributed by atoms with E-state index in [1.165, 1.54) is 11.8 Å². The third kappa shape index (κ3) is 7.26. The number of rotatable bonds is 10. The van der Waals surface area contributed by atoms with Gasteiger partial charge in [0.1, 0.15) is 11.5 Å². The largest absolute Gasteiger partial charge is 0.497 e. The van der Waals surface area contributed by atoms with Gasteiger partial charge in [0.25, 0.3) is 0 Å². The van der Waals surface area contributed by atoms with E-state index in [9.17, 15) is 4.79 Å². The molecule has 0 saturated carbocycles. The minimum atomic E-state index is -0.238. The third-order valence-electron chi connectivity index (χ3n) is 7.22. The highest BCUT2D eigenvalue weighted by Gasteiger charge is 2.27. The highest BCUT2D eigenvalue weighted by atomic mass is 35.5. The van der Waals surface area contributed by atoms with Gasteiger partial charge in [-0.05, 0) is 59.5 Å². The smallest absolute Gasteiger partial charge is 0.212 e. The summed E-state index contributed by atoms with van der Waals surface area (Å²) in [5.74, 6) is 2.18. The molecule has 0 aliphatic carbocycles. The monoisotopic (exact) mass is 633 g/mol. The lowest BCUT2D eigenvalue weighted by Gasteiger charge is -2.33. The van der Waals surface area contributed by atoms with E-state index in [4.69, 9.17) is 30.9 Å². The molecule has 44 heavy (non-hydrogen) atoms. The van der Waals surface area contributed by atoms with Gasteiger partial charge < -0.3 is 19.1 Å². The molecule has 9 nitrogen and oxygen atoms in total. The molecular formula is C33H36ClN5O4S. The molecule has 11 heteroatoms. The Hall–Kier alpha value is -3.86. The normalized spacial score (nSPS) is 13.8. The summed E-state index contributed by atoms with van der Waals surface area (Å²) >= 11 is 7.57. The number of anilines is 1. The first-order valence-electron chi connectivity index (χ1n) is 14.3. The first-order valence-corrected chi connectivity index (χ1v) is 15.6. The second kappa shape index (κ2) is 13.8. The van der Waals surface area contributed by atoms with Gasteiger partial charge in [-0.2, -0.15) is 9.78 Å². The van der Waals surface area contributed by atoms with Gasteiger partial charge >= 0.3 is 0 Å². The van der Waals surface area contributed by atoms with Crippen molar-refractivity contribution in [1.82, 2.24) is 14.9 Å². The van der Waals surface area contributed by atoms with Gasteiger partial charge in [-0.25, -0.2) is 0 Å². The minimum Gasteiger partial charge on any atom is -0.497 e. The number of halogens is 1. The molecule has 1 aromatic heterocycles. The first-order chi connectivity index (χ1) is 21.2. The summed E-state index contributed by atoms with van der Waals surface area (Å²) in [5.41, 5.74) is 3.90. The molecule has 1 aliphatic rings. The van der Waals surface area contributed by atoms with Crippen molar-refractivity contribution in [1.29, 1.82) is 0 Å². The maximum absolute atomic E-state index is 13.8. The number of ketones is 1. The Bertz CT molecular complexity index is 1640. The van der Waals surface area contributed by atoms with Gasteiger partial charge in [0.2, 0.25) is 5.16 Å². The van der Waals surface area contributed by atoms with E-state index >= 15 is 0 Å². The summed E-state index contributed by atoms with van der Waals surface area (Å²) in [5, 5.41) is 14.6. The Labute approximate surface area is 267 Å². The number of benzene rings is 3. The van der Waals surface area contributed by atoms with Crippen LogP contribution < -0.4 is 14.4 Å². The number of ether oxygens (including phenoxy) is 3. The quantitative estimate of drug-likeness (QED) is 0.110. The SMILES string of the molecule is COc1ccc(/C=N/n2c(SCC(=O)c3cc(N4CCOCC4)c(OC)c(C(C)(C)C)c3)nnc2-c2cccc(Cl)c2)cc1. The number of nitrogens with zero attached hydrogens (tertiary/aromatic N) is 5. The molecule has 0 bridgehead atoms. The molecule has 4 aromatic rings. The van der Waals surface area contributed by atoms with E-state index in [1.807, 2.05) is 54.6 Å². The summed E-state index contributed by atoms with van der Waals surface area (Å²) in [4.78, 5) is 16.0. The Balaban J connectivity index is 1.46. The number of carbonyl (C=O) groups is 1. The highest BCUT2D eigenvalue weighted by molar-refractivity contribution is 7.99. The predicted octanol–water partition coefficient (Wildman–Crippen LogP) is 6.61. The standard InChI is InChI=1S/C33H36ClN5O4S/c1-33(2,3)27-18-24(19-28(30(27)42-5)38-13-15-43-16-14-38)29(40)21-44-32-37-36-31(23-7-6-8-25(34)17-23)39(32)35-20-22-9-11-26(41-4)12-10-22/h6-12,17-20H,13-16,21H2,1-5H3/b35-20+. The van der Waals surface area contributed by atoms with Crippen LogP contribution >= 0.6 is 23.4 Å². The van der Waals surface area contributed by atoms with E-state index in [0.29, 0.717) is 34.8 Å². The number of thioether (sulfide) groups is 1. The fourth-order valence-electron chi connectivity index (χ4n) is 4.88. The van der Waals surface area contributed by atoms with Crippen LogP contribution in [0.25, 0.3) is 11.4 Å².